The number of carbonyl (C=O) groups is 1. The van der Waals surface area contributed by atoms with Gasteiger partial charge in [0.05, 0.1) is 17.1 Å². The first kappa shape index (κ1) is 13.4. The van der Waals surface area contributed by atoms with E-state index >= 15 is 0 Å². The molecule has 5 nitrogen and oxygen atoms in total. The molecule has 6 heteroatoms. The lowest BCUT2D eigenvalue weighted by Gasteiger charge is -2.00. The average molecular weight is 232 g/mol. The Morgan fingerprint density at radius 2 is 2.20 bits per heavy atom. The van der Waals surface area contributed by atoms with E-state index in [-0.39, 0.29) is 30.3 Å². The first-order valence-corrected chi connectivity index (χ1v) is 4.06. The van der Waals surface area contributed by atoms with Gasteiger partial charge in [0, 0.05) is 12.1 Å². The zero-order valence-corrected chi connectivity index (χ0v) is 8.82. The van der Waals surface area contributed by atoms with Crippen LogP contribution in [0.25, 0.3) is 0 Å². The fourth-order valence-electron chi connectivity index (χ4n) is 0.961. The van der Waals surface area contributed by atoms with E-state index in [4.69, 9.17) is 4.74 Å². The Morgan fingerprint density at radius 3 is 2.73 bits per heavy atom. The van der Waals surface area contributed by atoms with Crippen molar-refractivity contribution in [1.82, 2.24) is 0 Å². The molecule has 0 heterocycles. The van der Waals surface area contributed by atoms with Crippen LogP contribution in [0, 0.1) is 10.1 Å². The van der Waals surface area contributed by atoms with E-state index in [1.807, 2.05) is 0 Å². The molecule has 0 saturated carbocycles. The zero-order valence-electron chi connectivity index (χ0n) is 8.00. The third-order valence-corrected chi connectivity index (χ3v) is 1.57. The monoisotopic (exact) mass is 231 g/mol. The van der Waals surface area contributed by atoms with E-state index in [1.165, 1.54) is 24.3 Å². The van der Waals surface area contributed by atoms with Gasteiger partial charge in [-0.2, -0.15) is 0 Å². The first-order valence-electron chi connectivity index (χ1n) is 4.06. The Labute approximate surface area is 92.6 Å². The van der Waals surface area contributed by atoms with Gasteiger partial charge < -0.3 is 4.74 Å². The second kappa shape index (κ2) is 5.98. The highest BCUT2D eigenvalue weighted by Crippen LogP contribution is 2.13. The van der Waals surface area contributed by atoms with Crippen LogP contribution in [0.4, 0.5) is 5.69 Å². The molecule has 0 aromatic heterocycles. The maximum Gasteiger partial charge on any atom is 0.338 e. The molecule has 0 aliphatic rings. The van der Waals surface area contributed by atoms with Gasteiger partial charge in [-0.3, -0.25) is 10.1 Å². The molecule has 0 N–H and O–H groups in total. The number of benzene rings is 1. The maximum absolute atomic E-state index is 11.2. The fourth-order valence-corrected chi connectivity index (χ4v) is 0.961. The molecule has 0 radical (unpaired) electrons. The molecule has 0 bridgehead atoms. The van der Waals surface area contributed by atoms with Crippen LogP contribution in [0.2, 0.25) is 0 Å². The van der Waals surface area contributed by atoms with Gasteiger partial charge >= 0.3 is 5.97 Å². The number of nitrogens with zero attached hydrogens (tertiary/aromatic N) is 1. The van der Waals surface area contributed by atoms with Crippen molar-refractivity contribution in [3.05, 3.63) is 39.9 Å². The lowest BCUT2D eigenvalue weighted by atomic mass is 10.2. The van der Waals surface area contributed by atoms with Crippen LogP contribution in [0.1, 0.15) is 17.3 Å². The number of carbonyl (C=O) groups excluding carboxylic acids is 1. The summed E-state index contributed by atoms with van der Waals surface area (Å²) < 4.78 is 4.70. The Hall–Kier alpha value is -1.62. The molecular formula is C9H10ClNO4. The summed E-state index contributed by atoms with van der Waals surface area (Å²) >= 11 is 0. The summed E-state index contributed by atoms with van der Waals surface area (Å²) in [6.45, 7) is 1.93. The Morgan fingerprint density at radius 1 is 1.53 bits per heavy atom. The summed E-state index contributed by atoms with van der Waals surface area (Å²) in [5.41, 5.74) is 0.0802. The number of hydrogen-bond donors (Lipinski definition) is 0. The minimum atomic E-state index is -0.553. The van der Waals surface area contributed by atoms with Gasteiger partial charge in [-0.05, 0) is 13.0 Å². The molecule has 1 rings (SSSR count). The van der Waals surface area contributed by atoms with E-state index in [9.17, 15) is 14.9 Å². The second-order valence-electron chi connectivity index (χ2n) is 2.53. The molecule has 0 unspecified atom stereocenters. The van der Waals surface area contributed by atoms with Crippen LogP contribution in [0.15, 0.2) is 24.3 Å². The number of rotatable bonds is 3. The Balaban J connectivity index is 0.00000196. The molecule has 0 fully saturated rings. The fraction of sp³-hybridized carbons (Fsp3) is 0.222. The highest BCUT2D eigenvalue weighted by atomic mass is 35.5. The van der Waals surface area contributed by atoms with Crippen LogP contribution >= 0.6 is 12.4 Å². The van der Waals surface area contributed by atoms with Crippen molar-refractivity contribution < 1.29 is 14.5 Å². The third kappa shape index (κ3) is 3.55. The number of hydrogen-bond acceptors (Lipinski definition) is 4. The van der Waals surface area contributed by atoms with Gasteiger partial charge in [-0.15, -0.1) is 12.4 Å². The predicted octanol–water partition coefficient (Wildman–Crippen LogP) is 2.19. The standard InChI is InChI=1S/C9H9NO4.ClH/c1-2-14-9(11)7-4-3-5-8(6-7)10(12)13;/h3-6H,2H2,1H3;1H. The average Bonchev–Trinajstić information content (AvgIpc) is 2.18. The number of esters is 1. The molecule has 0 saturated heterocycles. The van der Waals surface area contributed by atoms with Crippen molar-refractivity contribution in [2.75, 3.05) is 6.61 Å². The second-order valence-corrected chi connectivity index (χ2v) is 2.53. The largest absolute Gasteiger partial charge is 0.462 e. The quantitative estimate of drug-likeness (QED) is 0.454. The molecule has 1 aromatic rings. The van der Waals surface area contributed by atoms with Gasteiger partial charge in [0.15, 0.2) is 0 Å². The Kier molecular flexibility index (Phi) is 5.33. The van der Waals surface area contributed by atoms with Crippen LogP contribution < -0.4 is 0 Å². The summed E-state index contributed by atoms with van der Waals surface area (Å²) in [5.74, 6) is -0.545. The highest BCUT2D eigenvalue weighted by molar-refractivity contribution is 5.90. The Bertz CT molecular complexity index is 367. The molecule has 0 aliphatic carbocycles. The van der Waals surface area contributed by atoms with Gasteiger partial charge in [-0.1, -0.05) is 6.07 Å². The minimum Gasteiger partial charge on any atom is -0.462 e. The van der Waals surface area contributed by atoms with Crippen molar-refractivity contribution >= 4 is 24.1 Å². The molecule has 82 valence electrons. The maximum atomic E-state index is 11.2. The lowest BCUT2D eigenvalue weighted by molar-refractivity contribution is -0.384. The lowest BCUT2D eigenvalue weighted by Crippen LogP contribution is -2.04. The number of non-ortho nitro benzene ring substituents is 1. The summed E-state index contributed by atoms with van der Waals surface area (Å²) in [7, 11) is 0. The van der Waals surface area contributed by atoms with Crippen LogP contribution in [-0.4, -0.2) is 17.5 Å². The molecule has 0 atom stereocenters. The van der Waals surface area contributed by atoms with E-state index in [1.54, 1.807) is 6.92 Å². The SMILES string of the molecule is CCOC(=O)c1cccc([N+](=O)[O-])c1.Cl. The van der Waals surface area contributed by atoms with Gasteiger partial charge in [0.2, 0.25) is 0 Å². The predicted molar refractivity (Wildman–Crippen MR) is 56.3 cm³/mol. The van der Waals surface area contributed by atoms with Crippen LogP contribution in [0.5, 0.6) is 0 Å². The highest BCUT2D eigenvalue weighted by Gasteiger charge is 2.11. The van der Waals surface area contributed by atoms with E-state index in [2.05, 4.69) is 0 Å². The summed E-state index contributed by atoms with van der Waals surface area (Å²) in [4.78, 5) is 21.0. The van der Waals surface area contributed by atoms with Crippen molar-refractivity contribution in [1.29, 1.82) is 0 Å². The van der Waals surface area contributed by atoms with Crippen LogP contribution in [-0.2, 0) is 4.74 Å². The molecule has 15 heavy (non-hydrogen) atoms. The molecule has 0 aliphatic heterocycles. The number of nitro groups is 1. The van der Waals surface area contributed by atoms with Crippen molar-refractivity contribution in [3.8, 4) is 0 Å². The summed E-state index contributed by atoms with van der Waals surface area (Å²) in [6.07, 6.45) is 0. The zero-order chi connectivity index (χ0) is 10.6. The van der Waals surface area contributed by atoms with Gasteiger partial charge in [0.25, 0.3) is 5.69 Å². The van der Waals surface area contributed by atoms with E-state index < -0.39 is 10.9 Å². The van der Waals surface area contributed by atoms with Crippen molar-refractivity contribution in [2.24, 2.45) is 0 Å². The normalized spacial score (nSPS) is 8.87. The van der Waals surface area contributed by atoms with Crippen molar-refractivity contribution in [3.63, 3.8) is 0 Å². The molecule has 0 amide bonds. The van der Waals surface area contributed by atoms with E-state index in [0.29, 0.717) is 0 Å². The summed E-state index contributed by atoms with van der Waals surface area (Å²) in [6, 6.07) is 5.44. The van der Waals surface area contributed by atoms with Crippen LogP contribution in [0.3, 0.4) is 0 Å². The van der Waals surface area contributed by atoms with Gasteiger partial charge in [0.1, 0.15) is 0 Å². The first-order chi connectivity index (χ1) is 6.65. The topological polar surface area (TPSA) is 69.4 Å². The number of ether oxygens (including phenoxy) is 1. The molecule has 0 spiro atoms. The minimum absolute atomic E-state index is 0. The molecular weight excluding hydrogens is 222 g/mol. The number of nitro benzene ring substituents is 1. The number of halogens is 1. The third-order valence-electron chi connectivity index (χ3n) is 1.57. The summed E-state index contributed by atoms with van der Waals surface area (Å²) in [5, 5.41) is 10.4. The van der Waals surface area contributed by atoms with Gasteiger partial charge in [-0.25, -0.2) is 4.79 Å². The molecule has 1 aromatic carbocycles. The van der Waals surface area contributed by atoms with E-state index in [0.717, 1.165) is 0 Å². The smallest absolute Gasteiger partial charge is 0.338 e. The van der Waals surface area contributed by atoms with Crippen molar-refractivity contribution in [2.45, 2.75) is 6.92 Å².